The van der Waals surface area contributed by atoms with Crippen LogP contribution in [0.3, 0.4) is 0 Å². The van der Waals surface area contributed by atoms with E-state index >= 15 is 0 Å². The van der Waals surface area contributed by atoms with Crippen molar-refractivity contribution in [1.29, 1.82) is 0 Å². The first-order valence-corrected chi connectivity index (χ1v) is 15.7. The van der Waals surface area contributed by atoms with E-state index in [0.717, 1.165) is 6.26 Å². The Bertz CT molecular complexity index is 1840. The third kappa shape index (κ3) is 4.77. The maximum absolute atomic E-state index is 13.3. The Hall–Kier alpha value is -3.49. The minimum Gasteiger partial charge on any atom is -0.434 e. The minimum atomic E-state index is -4.79. The van der Waals surface area contributed by atoms with Gasteiger partial charge < -0.3 is 19.1 Å². The lowest BCUT2D eigenvalue weighted by Crippen LogP contribution is -2.36. The summed E-state index contributed by atoms with van der Waals surface area (Å²) in [4.78, 5) is 31.6. The highest BCUT2D eigenvalue weighted by atomic mass is 32.2. The summed E-state index contributed by atoms with van der Waals surface area (Å²) < 4.78 is 76.6. The first-order valence-electron chi connectivity index (χ1n) is 12.3. The number of phosphoric ester groups is 1. The maximum Gasteiger partial charge on any atom is 0.470 e. The maximum atomic E-state index is 13.3. The summed E-state index contributed by atoms with van der Waals surface area (Å²) in [6.45, 7) is -0.229. The number of hydrogen-bond donors (Lipinski definition) is 2. The lowest BCUT2D eigenvalue weighted by atomic mass is 9.95. The second-order valence-electron chi connectivity index (χ2n) is 10.3. The van der Waals surface area contributed by atoms with E-state index in [9.17, 15) is 31.6 Å². The van der Waals surface area contributed by atoms with Gasteiger partial charge in [0.25, 0.3) is 0 Å². The molecule has 0 unspecified atom stereocenters. The van der Waals surface area contributed by atoms with Gasteiger partial charge >= 0.3 is 14.4 Å². The summed E-state index contributed by atoms with van der Waals surface area (Å²) >= 11 is 0. The van der Waals surface area contributed by atoms with Crippen molar-refractivity contribution in [1.82, 2.24) is 19.5 Å². The predicted octanol–water partition coefficient (Wildman–Crippen LogP) is 4.25. The molecular formula is C25H24F2N5O7PS. The van der Waals surface area contributed by atoms with Gasteiger partial charge in [-0.15, -0.1) is 0 Å². The Labute approximate surface area is 232 Å². The van der Waals surface area contributed by atoms with Gasteiger partial charge in [0, 0.05) is 29.9 Å². The summed E-state index contributed by atoms with van der Waals surface area (Å²) in [5.74, 6) is 0.438. The number of anilines is 1. The highest BCUT2D eigenvalue weighted by Gasteiger charge is 2.48. The molecule has 0 saturated carbocycles. The first-order chi connectivity index (χ1) is 19.1. The largest absolute Gasteiger partial charge is 0.470 e. The van der Waals surface area contributed by atoms with Crippen molar-refractivity contribution in [3.63, 3.8) is 0 Å². The van der Waals surface area contributed by atoms with Crippen molar-refractivity contribution in [2.45, 2.75) is 44.6 Å². The van der Waals surface area contributed by atoms with Gasteiger partial charge in [-0.1, -0.05) is 12.1 Å². The molecule has 2 atom stereocenters. The van der Waals surface area contributed by atoms with Gasteiger partial charge in [-0.25, -0.2) is 27.9 Å². The Morgan fingerprint density at radius 2 is 1.80 bits per heavy atom. The molecule has 41 heavy (non-hydrogen) atoms. The average molecular weight is 608 g/mol. The number of aromatic nitrogens is 4. The monoisotopic (exact) mass is 607 g/mol. The smallest absolute Gasteiger partial charge is 0.434 e. The first kappa shape index (κ1) is 27.7. The number of hydrogen-bond acceptors (Lipinski definition) is 8. The molecule has 0 aliphatic carbocycles. The normalized spacial score (nSPS) is 18.6. The SMILES string of the molecule is CC(C)(OP(=O)(O)O)c1ncc(-c2ccc3nc4n(c3c2)[C@@H]2C[C@H]4N(S(C)(=O)=O)c3cccc(OC(F)F)c32)cn1. The van der Waals surface area contributed by atoms with Crippen LogP contribution in [-0.4, -0.2) is 50.6 Å². The van der Waals surface area contributed by atoms with Crippen molar-refractivity contribution in [3.05, 3.63) is 66.0 Å². The van der Waals surface area contributed by atoms with Gasteiger partial charge in [0.05, 0.1) is 29.0 Å². The molecule has 2 aliphatic heterocycles. The van der Waals surface area contributed by atoms with Crippen LogP contribution in [0.2, 0.25) is 0 Å². The Kier molecular flexibility index (Phi) is 6.25. The molecule has 2 aromatic heterocycles. The zero-order chi connectivity index (χ0) is 29.5. The number of nitrogens with zero attached hydrogens (tertiary/aromatic N) is 5. The van der Waals surface area contributed by atoms with E-state index in [-0.39, 0.29) is 17.3 Å². The van der Waals surface area contributed by atoms with Crippen molar-refractivity contribution in [3.8, 4) is 16.9 Å². The number of halogens is 2. The molecule has 0 radical (unpaired) electrons. The topological polar surface area (TPSA) is 157 Å². The van der Waals surface area contributed by atoms with Gasteiger partial charge in [-0.2, -0.15) is 8.78 Å². The number of phosphoric acid groups is 1. The zero-order valence-electron chi connectivity index (χ0n) is 21.8. The van der Waals surface area contributed by atoms with Crippen LogP contribution in [0.1, 0.15) is 49.6 Å². The lowest BCUT2D eigenvalue weighted by molar-refractivity contribution is -0.0506. The molecule has 4 heterocycles. The highest BCUT2D eigenvalue weighted by Crippen LogP contribution is 2.56. The molecule has 0 saturated heterocycles. The van der Waals surface area contributed by atoms with E-state index in [1.54, 1.807) is 18.2 Å². The van der Waals surface area contributed by atoms with E-state index in [2.05, 4.69) is 9.97 Å². The highest BCUT2D eigenvalue weighted by molar-refractivity contribution is 7.92. The fourth-order valence-corrected chi connectivity index (χ4v) is 7.52. The molecule has 4 aromatic rings. The Morgan fingerprint density at radius 3 is 2.44 bits per heavy atom. The summed E-state index contributed by atoms with van der Waals surface area (Å²) in [7, 11) is -8.61. The molecule has 0 amide bonds. The van der Waals surface area contributed by atoms with E-state index in [1.165, 1.54) is 42.7 Å². The molecule has 12 nitrogen and oxygen atoms in total. The molecule has 2 bridgehead atoms. The van der Waals surface area contributed by atoms with Crippen LogP contribution in [0.4, 0.5) is 14.5 Å². The van der Waals surface area contributed by atoms with Gasteiger partial charge in [0.2, 0.25) is 10.0 Å². The third-order valence-electron chi connectivity index (χ3n) is 7.11. The predicted molar refractivity (Wildman–Crippen MR) is 143 cm³/mol. The molecule has 2 aromatic carbocycles. The fraction of sp³-hybridized carbons (Fsp3) is 0.320. The number of alkyl halides is 2. The zero-order valence-corrected chi connectivity index (χ0v) is 23.6. The lowest BCUT2D eigenvalue weighted by Gasteiger charge is -2.35. The summed E-state index contributed by atoms with van der Waals surface area (Å²) in [6, 6.07) is 8.66. The Morgan fingerprint density at radius 1 is 1.10 bits per heavy atom. The number of rotatable bonds is 7. The van der Waals surface area contributed by atoms with Crippen LogP contribution in [-0.2, 0) is 24.7 Å². The van der Waals surface area contributed by atoms with Crippen LogP contribution < -0.4 is 9.04 Å². The van der Waals surface area contributed by atoms with Gasteiger partial charge in [0.15, 0.2) is 5.82 Å². The number of imidazole rings is 1. The van der Waals surface area contributed by atoms with E-state index in [4.69, 9.17) is 14.2 Å². The Balaban J connectivity index is 1.46. The van der Waals surface area contributed by atoms with Crippen molar-refractivity contribution >= 4 is 34.6 Å². The molecule has 2 N–H and O–H groups in total. The molecule has 6 rings (SSSR count). The molecular weight excluding hydrogens is 583 g/mol. The minimum absolute atomic E-state index is 0.0636. The number of ether oxygens (including phenoxy) is 1. The molecule has 216 valence electrons. The van der Waals surface area contributed by atoms with Gasteiger partial charge in [0.1, 0.15) is 23.2 Å². The van der Waals surface area contributed by atoms with Crippen molar-refractivity contribution in [2.75, 3.05) is 10.6 Å². The second-order valence-corrected chi connectivity index (χ2v) is 13.3. The quantitative estimate of drug-likeness (QED) is 0.291. The standard InChI is InChI=1S/C25H24F2N5O7PS/c1-25(2,39-40(33,34)35)23-28-11-14(12-29-23)13-7-8-15-17(9-13)31-18-10-19(22(31)30-15)32(41(3,36)37)16-5-4-6-20(21(16)18)38-24(26)27/h4-9,11-12,18-19,24H,10H2,1-3H3,(H2,33,34,35)/t18-,19-/m1/s1. The summed E-state index contributed by atoms with van der Waals surface area (Å²) in [5.41, 5.74) is 1.63. The van der Waals surface area contributed by atoms with Crippen LogP contribution in [0.5, 0.6) is 5.75 Å². The second kappa shape index (κ2) is 9.26. The van der Waals surface area contributed by atoms with E-state index in [0.29, 0.717) is 40.0 Å². The van der Waals surface area contributed by atoms with E-state index in [1.807, 2.05) is 10.6 Å². The molecule has 16 heteroatoms. The average Bonchev–Trinajstić information content (AvgIpc) is 3.37. The molecule has 0 fully saturated rings. The van der Waals surface area contributed by atoms with E-state index < -0.39 is 42.1 Å². The van der Waals surface area contributed by atoms with Gasteiger partial charge in [-0.05, 0) is 43.7 Å². The fourth-order valence-electron chi connectivity index (χ4n) is 5.69. The van der Waals surface area contributed by atoms with Gasteiger partial charge in [-0.3, -0.25) is 8.83 Å². The summed E-state index contributed by atoms with van der Waals surface area (Å²) in [6.07, 6.45) is 4.34. The van der Waals surface area contributed by atoms with Crippen LogP contribution in [0.15, 0.2) is 48.8 Å². The third-order valence-corrected chi connectivity index (χ3v) is 8.97. The number of fused-ring (bicyclic) bond motifs is 9. The van der Waals surface area contributed by atoms with Crippen LogP contribution in [0, 0.1) is 0 Å². The van der Waals surface area contributed by atoms with Crippen molar-refractivity contribution < 1.29 is 40.8 Å². The van der Waals surface area contributed by atoms with Crippen molar-refractivity contribution in [2.24, 2.45) is 0 Å². The van der Waals surface area contributed by atoms with Crippen LogP contribution in [0.25, 0.3) is 22.2 Å². The summed E-state index contributed by atoms with van der Waals surface area (Å²) in [5, 5.41) is 0. The van der Waals surface area contributed by atoms with Crippen LogP contribution >= 0.6 is 7.82 Å². The number of benzene rings is 2. The number of sulfonamides is 1. The molecule has 2 aliphatic rings. The molecule has 0 spiro atoms.